The Kier molecular flexibility index (Phi) is 3.99. The first-order chi connectivity index (χ1) is 11.8. The predicted octanol–water partition coefficient (Wildman–Crippen LogP) is 2.74. The highest BCUT2D eigenvalue weighted by atomic mass is 16.6. The summed E-state index contributed by atoms with van der Waals surface area (Å²) in [5.41, 5.74) is 9.85. The van der Waals surface area contributed by atoms with Crippen molar-refractivity contribution in [2.24, 2.45) is 10.7 Å². The summed E-state index contributed by atoms with van der Waals surface area (Å²) in [6.07, 6.45) is 3.44. The van der Waals surface area contributed by atoms with Crippen LogP contribution in [0.5, 0.6) is 11.5 Å². The molecular formula is C19H21N3O2. The molecule has 0 saturated carbocycles. The molecule has 0 spiro atoms. The average molecular weight is 323 g/mol. The van der Waals surface area contributed by atoms with Gasteiger partial charge in [0.1, 0.15) is 6.61 Å². The number of nitrogens with two attached hydrogens (primary N) is 1. The Bertz CT molecular complexity index is 773. The third-order valence-electron chi connectivity index (χ3n) is 4.40. The monoisotopic (exact) mass is 323 g/mol. The first-order valence-electron chi connectivity index (χ1n) is 8.35. The van der Waals surface area contributed by atoms with Crippen LogP contribution in [0.15, 0.2) is 47.5 Å². The lowest BCUT2D eigenvalue weighted by atomic mass is 10.1. The van der Waals surface area contributed by atoms with Gasteiger partial charge >= 0.3 is 0 Å². The van der Waals surface area contributed by atoms with Crippen LogP contribution in [0, 0.1) is 0 Å². The Hall–Kier alpha value is -2.69. The molecule has 5 heteroatoms. The lowest BCUT2D eigenvalue weighted by Crippen LogP contribution is -2.33. The highest BCUT2D eigenvalue weighted by Gasteiger charge is 2.20. The van der Waals surface area contributed by atoms with E-state index in [4.69, 9.17) is 15.2 Å². The van der Waals surface area contributed by atoms with Crippen molar-refractivity contribution in [1.82, 2.24) is 0 Å². The van der Waals surface area contributed by atoms with E-state index < -0.39 is 0 Å². The number of nitrogens with one attached hydrogen (secondary N) is 1. The third-order valence-corrected chi connectivity index (χ3v) is 4.40. The Morgan fingerprint density at radius 2 is 1.96 bits per heavy atom. The maximum Gasteiger partial charge on any atom is 0.193 e. The average Bonchev–Trinajstić information content (AvgIpc) is 3.07. The van der Waals surface area contributed by atoms with Crippen molar-refractivity contribution in [3.05, 3.63) is 53.6 Å². The summed E-state index contributed by atoms with van der Waals surface area (Å²) < 4.78 is 11.6. The fourth-order valence-corrected chi connectivity index (χ4v) is 3.19. The molecule has 24 heavy (non-hydrogen) atoms. The van der Waals surface area contributed by atoms with Crippen molar-refractivity contribution in [1.29, 1.82) is 0 Å². The zero-order valence-electron chi connectivity index (χ0n) is 13.5. The highest BCUT2D eigenvalue weighted by Crippen LogP contribution is 2.30. The molecule has 0 fully saturated rings. The minimum atomic E-state index is -0.125. The highest BCUT2D eigenvalue weighted by molar-refractivity contribution is 5.92. The molecule has 1 atom stereocenters. The molecule has 2 aromatic rings. The molecule has 0 saturated heterocycles. The van der Waals surface area contributed by atoms with Gasteiger partial charge in [0.05, 0.1) is 6.54 Å². The number of rotatable bonds is 3. The van der Waals surface area contributed by atoms with Crippen LogP contribution in [0.1, 0.15) is 17.5 Å². The number of nitrogens with zero attached hydrogens (tertiary/aromatic N) is 1. The number of fused-ring (bicyclic) bond motifs is 2. The summed E-state index contributed by atoms with van der Waals surface area (Å²) in [5.74, 6) is 1.94. The van der Waals surface area contributed by atoms with Crippen molar-refractivity contribution in [2.45, 2.75) is 25.4 Å². The lowest BCUT2D eigenvalue weighted by Gasteiger charge is -2.25. The van der Waals surface area contributed by atoms with Crippen LogP contribution in [0.25, 0.3) is 0 Å². The number of guanidine groups is 1. The number of aliphatic imine (C=N–C) groups is 1. The van der Waals surface area contributed by atoms with E-state index in [0.29, 0.717) is 19.1 Å². The molecule has 124 valence electrons. The van der Waals surface area contributed by atoms with Gasteiger partial charge in [-0.1, -0.05) is 18.2 Å². The molecule has 5 nitrogen and oxygen atoms in total. The van der Waals surface area contributed by atoms with Gasteiger partial charge in [0, 0.05) is 5.69 Å². The van der Waals surface area contributed by atoms with E-state index in [1.54, 1.807) is 0 Å². The topological polar surface area (TPSA) is 68.9 Å². The number of para-hydroxylation sites is 2. The van der Waals surface area contributed by atoms with Gasteiger partial charge in [0.25, 0.3) is 0 Å². The van der Waals surface area contributed by atoms with Crippen LogP contribution in [-0.2, 0) is 12.8 Å². The second-order valence-electron chi connectivity index (χ2n) is 6.19. The fourth-order valence-electron chi connectivity index (χ4n) is 3.19. The van der Waals surface area contributed by atoms with Gasteiger partial charge in [0.15, 0.2) is 23.6 Å². The Labute approximate surface area is 141 Å². The molecule has 0 radical (unpaired) electrons. The lowest BCUT2D eigenvalue weighted by molar-refractivity contribution is 0.0972. The summed E-state index contributed by atoms with van der Waals surface area (Å²) in [6.45, 7) is 0.935. The van der Waals surface area contributed by atoms with E-state index >= 15 is 0 Å². The smallest absolute Gasteiger partial charge is 0.193 e. The second kappa shape index (κ2) is 6.43. The molecule has 4 rings (SSSR count). The zero-order valence-corrected chi connectivity index (χ0v) is 13.5. The van der Waals surface area contributed by atoms with Crippen LogP contribution >= 0.6 is 0 Å². The Balaban J connectivity index is 1.36. The molecule has 2 aliphatic rings. The van der Waals surface area contributed by atoms with Crippen molar-refractivity contribution in [3.63, 3.8) is 0 Å². The molecular weight excluding hydrogens is 302 g/mol. The van der Waals surface area contributed by atoms with E-state index in [-0.39, 0.29) is 6.10 Å². The maximum absolute atomic E-state index is 6.01. The van der Waals surface area contributed by atoms with E-state index in [1.165, 1.54) is 24.0 Å². The van der Waals surface area contributed by atoms with E-state index in [2.05, 4.69) is 28.5 Å². The third kappa shape index (κ3) is 3.15. The Morgan fingerprint density at radius 1 is 1.12 bits per heavy atom. The standard InChI is InChI=1S/C19H21N3O2/c20-19(22-15-9-8-13-4-3-5-14(13)10-15)21-11-16-12-23-17-6-1-2-7-18(17)24-16/h1-2,6-10,16H,3-5,11-12H2,(H3,20,21,22). The number of hydrogen-bond donors (Lipinski definition) is 2. The van der Waals surface area contributed by atoms with Gasteiger partial charge in [-0.05, 0) is 54.7 Å². The van der Waals surface area contributed by atoms with Crippen LogP contribution in [0.3, 0.4) is 0 Å². The zero-order chi connectivity index (χ0) is 16.4. The SMILES string of the molecule is NC(=NCC1COc2ccccc2O1)Nc1ccc2c(c1)CCC2. The molecule has 1 aliphatic carbocycles. The van der Waals surface area contributed by atoms with E-state index in [9.17, 15) is 0 Å². The van der Waals surface area contributed by atoms with Gasteiger partial charge in [0.2, 0.25) is 0 Å². The van der Waals surface area contributed by atoms with Crippen LogP contribution in [0.4, 0.5) is 5.69 Å². The predicted molar refractivity (Wildman–Crippen MR) is 94.9 cm³/mol. The minimum Gasteiger partial charge on any atom is -0.486 e. The van der Waals surface area contributed by atoms with Gasteiger partial charge in [-0.3, -0.25) is 0 Å². The van der Waals surface area contributed by atoms with Gasteiger partial charge in [-0.25, -0.2) is 4.99 Å². The van der Waals surface area contributed by atoms with Gasteiger partial charge in [-0.2, -0.15) is 0 Å². The van der Waals surface area contributed by atoms with Gasteiger partial charge in [-0.15, -0.1) is 0 Å². The van der Waals surface area contributed by atoms with Crippen LogP contribution < -0.4 is 20.5 Å². The molecule has 0 amide bonds. The number of ether oxygens (including phenoxy) is 2. The van der Waals surface area contributed by atoms with E-state index in [1.807, 2.05) is 24.3 Å². The molecule has 1 aliphatic heterocycles. The number of hydrogen-bond acceptors (Lipinski definition) is 3. The molecule has 3 N–H and O–H groups in total. The van der Waals surface area contributed by atoms with Crippen LogP contribution in [0.2, 0.25) is 0 Å². The quantitative estimate of drug-likeness (QED) is 0.673. The Morgan fingerprint density at radius 3 is 2.88 bits per heavy atom. The largest absolute Gasteiger partial charge is 0.486 e. The molecule has 1 unspecified atom stereocenters. The molecule has 0 bridgehead atoms. The van der Waals surface area contributed by atoms with Crippen molar-refractivity contribution in [2.75, 3.05) is 18.5 Å². The molecule has 0 aromatic heterocycles. The van der Waals surface area contributed by atoms with Crippen molar-refractivity contribution in [3.8, 4) is 11.5 Å². The van der Waals surface area contributed by atoms with Gasteiger partial charge < -0.3 is 20.5 Å². The maximum atomic E-state index is 6.01. The summed E-state index contributed by atoms with van der Waals surface area (Å²) in [7, 11) is 0. The van der Waals surface area contributed by atoms with E-state index in [0.717, 1.165) is 23.6 Å². The number of benzene rings is 2. The second-order valence-corrected chi connectivity index (χ2v) is 6.19. The molecule has 2 aromatic carbocycles. The minimum absolute atomic E-state index is 0.125. The number of aryl methyl sites for hydroxylation is 2. The number of anilines is 1. The summed E-state index contributed by atoms with van der Waals surface area (Å²) in [6, 6.07) is 14.1. The van der Waals surface area contributed by atoms with Crippen molar-refractivity contribution >= 4 is 11.6 Å². The van der Waals surface area contributed by atoms with Crippen LogP contribution in [-0.4, -0.2) is 25.2 Å². The first-order valence-corrected chi connectivity index (χ1v) is 8.35. The normalized spacial score (nSPS) is 19.0. The summed E-state index contributed by atoms with van der Waals surface area (Å²) >= 11 is 0. The summed E-state index contributed by atoms with van der Waals surface area (Å²) in [5, 5.41) is 3.16. The fraction of sp³-hybridized carbons (Fsp3) is 0.316. The summed E-state index contributed by atoms with van der Waals surface area (Å²) in [4.78, 5) is 4.39. The molecule has 1 heterocycles. The van der Waals surface area contributed by atoms with Crippen molar-refractivity contribution < 1.29 is 9.47 Å². The first kappa shape index (κ1) is 14.9.